The van der Waals surface area contributed by atoms with E-state index in [1.54, 1.807) is 12.1 Å². The van der Waals surface area contributed by atoms with Crippen molar-refractivity contribution in [1.29, 1.82) is 0 Å². The molecule has 0 aliphatic carbocycles. The largest absolute Gasteiger partial charge is 0.530 e. The molecule has 4 nitrogen and oxygen atoms in total. The van der Waals surface area contributed by atoms with Gasteiger partial charge in [0.25, 0.3) is 0 Å². The lowest BCUT2D eigenvalue weighted by Gasteiger charge is -2.42. The molecular formula is C14H21O4P. The number of hydrogen-bond acceptors (Lipinski definition) is 4. The zero-order valence-electron chi connectivity index (χ0n) is 11.8. The molecule has 0 unspecified atom stereocenters. The van der Waals surface area contributed by atoms with Gasteiger partial charge in [-0.1, -0.05) is 45.9 Å². The molecule has 1 fully saturated rings. The van der Waals surface area contributed by atoms with E-state index >= 15 is 0 Å². The summed E-state index contributed by atoms with van der Waals surface area (Å²) in [7, 11) is -3.53. The van der Waals surface area contributed by atoms with Gasteiger partial charge in [0, 0.05) is 5.41 Å². The maximum atomic E-state index is 12.5. The Bertz CT molecular complexity index is 470. The first kappa shape index (κ1) is 14.6. The summed E-state index contributed by atoms with van der Waals surface area (Å²) in [5.41, 5.74) is -0.178. The molecule has 0 bridgehead atoms. The Hall–Kier alpha value is -0.830. The maximum Gasteiger partial charge on any atom is 0.530 e. The highest BCUT2D eigenvalue weighted by Crippen LogP contribution is 2.57. The minimum Gasteiger partial charge on any atom is -0.404 e. The van der Waals surface area contributed by atoms with E-state index in [0.717, 1.165) is 0 Å². The van der Waals surface area contributed by atoms with Crippen LogP contribution in [0.25, 0.3) is 0 Å². The third kappa shape index (κ3) is 3.38. The fraction of sp³-hybridized carbons (Fsp3) is 0.571. The molecule has 106 valence electrons. The van der Waals surface area contributed by atoms with E-state index in [1.165, 1.54) is 0 Å². The van der Waals surface area contributed by atoms with Crippen LogP contribution < -0.4 is 4.52 Å². The van der Waals surface area contributed by atoms with Gasteiger partial charge in [-0.25, -0.2) is 4.57 Å². The van der Waals surface area contributed by atoms with Crippen molar-refractivity contribution in [2.75, 3.05) is 6.61 Å². The first-order chi connectivity index (χ1) is 8.82. The van der Waals surface area contributed by atoms with E-state index in [4.69, 9.17) is 13.6 Å². The summed E-state index contributed by atoms with van der Waals surface area (Å²) in [6.07, 6.45) is -0.157. The summed E-state index contributed by atoms with van der Waals surface area (Å²) in [4.78, 5) is 0. The van der Waals surface area contributed by atoms with Crippen LogP contribution in [-0.4, -0.2) is 12.7 Å². The molecule has 1 aromatic carbocycles. The summed E-state index contributed by atoms with van der Waals surface area (Å²) in [5.74, 6) is 0.736. The molecule has 1 heterocycles. The summed E-state index contributed by atoms with van der Waals surface area (Å²) < 4.78 is 29.0. The second-order valence-electron chi connectivity index (χ2n) is 5.88. The van der Waals surface area contributed by atoms with E-state index < -0.39 is 7.82 Å². The lowest BCUT2D eigenvalue weighted by Crippen LogP contribution is -2.43. The van der Waals surface area contributed by atoms with Crippen LogP contribution in [-0.2, 0) is 13.6 Å². The zero-order chi connectivity index (χ0) is 14.1. The van der Waals surface area contributed by atoms with Gasteiger partial charge in [0.1, 0.15) is 5.75 Å². The minimum atomic E-state index is -3.53. The van der Waals surface area contributed by atoms with Crippen molar-refractivity contribution in [3.63, 3.8) is 0 Å². The van der Waals surface area contributed by atoms with Crippen molar-refractivity contribution >= 4 is 7.82 Å². The van der Waals surface area contributed by atoms with E-state index in [9.17, 15) is 4.57 Å². The number of hydrogen-bond donors (Lipinski definition) is 0. The molecule has 2 rings (SSSR count). The predicted octanol–water partition coefficient (Wildman–Crippen LogP) is 4.27. The topological polar surface area (TPSA) is 44.8 Å². The predicted molar refractivity (Wildman–Crippen MR) is 74.1 cm³/mol. The molecule has 1 aromatic rings. The third-order valence-corrected chi connectivity index (χ3v) is 4.54. The molecule has 1 saturated heterocycles. The Kier molecular flexibility index (Phi) is 4.05. The van der Waals surface area contributed by atoms with Gasteiger partial charge in [-0.05, 0) is 18.1 Å². The molecule has 1 aliphatic heterocycles. The monoisotopic (exact) mass is 284 g/mol. The Labute approximate surface area is 114 Å². The summed E-state index contributed by atoms with van der Waals surface area (Å²) in [6, 6.07) is 8.96. The SMILES string of the molecule is CC(C)[C@H]1O[P@@](=O)(Oc2ccccc2)OCC1(C)C. The number of benzene rings is 1. The number of rotatable bonds is 3. The highest BCUT2D eigenvalue weighted by atomic mass is 31.2. The van der Waals surface area contributed by atoms with Crippen LogP contribution in [0.2, 0.25) is 0 Å². The smallest absolute Gasteiger partial charge is 0.404 e. The van der Waals surface area contributed by atoms with Crippen molar-refractivity contribution < 1.29 is 18.1 Å². The van der Waals surface area contributed by atoms with Gasteiger partial charge in [-0.3, -0.25) is 9.05 Å². The fourth-order valence-electron chi connectivity index (χ4n) is 2.32. The van der Waals surface area contributed by atoms with Gasteiger partial charge in [0.15, 0.2) is 0 Å². The molecule has 19 heavy (non-hydrogen) atoms. The fourth-order valence-corrected chi connectivity index (χ4v) is 4.16. The van der Waals surface area contributed by atoms with Crippen LogP contribution in [0.15, 0.2) is 30.3 Å². The lowest BCUT2D eigenvalue weighted by atomic mass is 9.81. The molecule has 0 aromatic heterocycles. The molecular weight excluding hydrogens is 263 g/mol. The first-order valence-electron chi connectivity index (χ1n) is 6.50. The van der Waals surface area contributed by atoms with Crippen molar-refractivity contribution in [3.8, 4) is 5.75 Å². The molecule has 1 aliphatic rings. The number of phosphoric ester groups is 1. The number of phosphoric acid groups is 1. The second kappa shape index (κ2) is 5.28. The molecule has 0 amide bonds. The van der Waals surface area contributed by atoms with Gasteiger partial charge < -0.3 is 4.52 Å². The summed E-state index contributed by atoms with van der Waals surface area (Å²) in [5, 5.41) is 0. The Morgan fingerprint density at radius 1 is 1.32 bits per heavy atom. The average molecular weight is 284 g/mol. The summed E-state index contributed by atoms with van der Waals surface area (Å²) >= 11 is 0. The van der Waals surface area contributed by atoms with Crippen molar-refractivity contribution in [3.05, 3.63) is 30.3 Å². The Morgan fingerprint density at radius 3 is 2.53 bits per heavy atom. The standard InChI is InChI=1S/C14H21O4P/c1-11(2)13-14(3,4)10-16-19(15,18-13)17-12-8-6-5-7-9-12/h5-9,11,13H,10H2,1-4H3/t13-,19-/m1/s1. The highest BCUT2D eigenvalue weighted by Gasteiger charge is 2.47. The summed E-state index contributed by atoms with van der Waals surface area (Å²) in [6.45, 7) is 8.54. The number of para-hydroxylation sites is 1. The molecule has 0 N–H and O–H groups in total. The van der Waals surface area contributed by atoms with Crippen molar-refractivity contribution in [1.82, 2.24) is 0 Å². The molecule has 5 heteroatoms. The van der Waals surface area contributed by atoms with Crippen LogP contribution in [0.3, 0.4) is 0 Å². The minimum absolute atomic E-state index is 0.157. The quantitative estimate of drug-likeness (QED) is 0.777. The molecule has 0 radical (unpaired) electrons. The maximum absolute atomic E-state index is 12.5. The zero-order valence-corrected chi connectivity index (χ0v) is 12.7. The normalized spacial score (nSPS) is 30.3. The average Bonchev–Trinajstić information content (AvgIpc) is 2.34. The van der Waals surface area contributed by atoms with Crippen LogP contribution in [0.1, 0.15) is 27.7 Å². The lowest BCUT2D eigenvalue weighted by molar-refractivity contribution is -0.0635. The Balaban J connectivity index is 2.15. The van der Waals surface area contributed by atoms with Gasteiger partial charge in [-0.2, -0.15) is 0 Å². The van der Waals surface area contributed by atoms with Crippen LogP contribution in [0, 0.1) is 11.3 Å². The molecule has 2 atom stereocenters. The van der Waals surface area contributed by atoms with Gasteiger partial charge >= 0.3 is 7.82 Å². The van der Waals surface area contributed by atoms with Crippen LogP contribution in [0.5, 0.6) is 5.75 Å². The highest BCUT2D eigenvalue weighted by molar-refractivity contribution is 7.49. The third-order valence-electron chi connectivity index (χ3n) is 3.17. The Morgan fingerprint density at radius 2 is 1.95 bits per heavy atom. The van der Waals surface area contributed by atoms with Gasteiger partial charge in [0.2, 0.25) is 0 Å². The molecule has 0 saturated carbocycles. The van der Waals surface area contributed by atoms with Gasteiger partial charge in [-0.15, -0.1) is 0 Å². The van der Waals surface area contributed by atoms with E-state index in [1.807, 2.05) is 45.9 Å². The van der Waals surface area contributed by atoms with E-state index in [2.05, 4.69) is 0 Å². The van der Waals surface area contributed by atoms with Gasteiger partial charge in [0.05, 0.1) is 12.7 Å². The van der Waals surface area contributed by atoms with Crippen LogP contribution in [0.4, 0.5) is 0 Å². The van der Waals surface area contributed by atoms with Crippen molar-refractivity contribution in [2.24, 2.45) is 11.3 Å². The second-order valence-corrected chi connectivity index (χ2v) is 7.43. The first-order valence-corrected chi connectivity index (χ1v) is 7.96. The van der Waals surface area contributed by atoms with E-state index in [-0.39, 0.29) is 17.4 Å². The van der Waals surface area contributed by atoms with Crippen molar-refractivity contribution in [2.45, 2.75) is 33.8 Å². The van der Waals surface area contributed by atoms with E-state index in [0.29, 0.717) is 12.4 Å². The molecule has 0 spiro atoms. The van der Waals surface area contributed by atoms with Crippen LogP contribution >= 0.6 is 7.82 Å².